The Kier molecular flexibility index (Phi) is 5.75. The molecule has 3 aromatic rings. The largest absolute Gasteiger partial charge is 0.358 e. The van der Waals surface area contributed by atoms with Gasteiger partial charge in [0.05, 0.1) is 11.0 Å². The minimum atomic E-state index is -0.406. The van der Waals surface area contributed by atoms with Crippen molar-refractivity contribution in [2.24, 2.45) is 0 Å². The number of hydrogen-bond acceptors (Lipinski definition) is 3. The number of carbonyl (C=O) groups is 1. The molecule has 1 saturated heterocycles. The van der Waals surface area contributed by atoms with Gasteiger partial charge in [0.25, 0.3) is 0 Å². The molecule has 2 aliphatic carbocycles. The van der Waals surface area contributed by atoms with E-state index in [1.165, 1.54) is 54.4 Å². The van der Waals surface area contributed by atoms with Crippen molar-refractivity contribution in [1.82, 2.24) is 19.4 Å². The van der Waals surface area contributed by atoms with Gasteiger partial charge in [-0.25, -0.2) is 9.18 Å². The van der Waals surface area contributed by atoms with Crippen LogP contribution in [0.1, 0.15) is 73.2 Å². The average molecular weight is 477 g/mol. The zero-order valence-electron chi connectivity index (χ0n) is 20.3. The number of nitrogens with one attached hydrogen (secondary N) is 1. The van der Waals surface area contributed by atoms with E-state index in [0.717, 1.165) is 31.8 Å². The highest BCUT2D eigenvalue weighted by Gasteiger charge is 2.36. The number of halogens is 1. The van der Waals surface area contributed by atoms with E-state index in [0.29, 0.717) is 17.1 Å². The molecule has 1 amide bonds. The first-order valence-corrected chi connectivity index (χ1v) is 13.0. The van der Waals surface area contributed by atoms with Crippen molar-refractivity contribution in [1.29, 1.82) is 0 Å². The molecule has 0 bridgehead atoms. The summed E-state index contributed by atoms with van der Waals surface area (Å²) in [5.74, 6) is 0.0538. The Hall–Kier alpha value is -2.93. The molecule has 1 aromatic heterocycles. The highest BCUT2D eigenvalue weighted by molar-refractivity contribution is 5.81. The van der Waals surface area contributed by atoms with E-state index in [-0.39, 0.29) is 24.2 Å². The lowest BCUT2D eigenvalue weighted by molar-refractivity contribution is -0.121. The number of fused-ring (bicyclic) bond motifs is 1. The van der Waals surface area contributed by atoms with Gasteiger partial charge in [-0.1, -0.05) is 18.2 Å². The lowest BCUT2D eigenvalue weighted by Gasteiger charge is -2.43. The number of benzene rings is 2. The predicted octanol–water partition coefficient (Wildman–Crippen LogP) is 4.28. The molecule has 6 rings (SSSR count). The highest BCUT2D eigenvalue weighted by atomic mass is 19.1. The number of likely N-dealkylation sites (tertiary alicyclic amines) is 1. The summed E-state index contributed by atoms with van der Waals surface area (Å²) in [7, 11) is 1.54. The van der Waals surface area contributed by atoms with E-state index in [9.17, 15) is 14.0 Å². The number of nitrogens with zero attached hydrogens (tertiary/aromatic N) is 3. The molecule has 2 atom stereocenters. The van der Waals surface area contributed by atoms with Gasteiger partial charge in [-0.15, -0.1) is 0 Å². The summed E-state index contributed by atoms with van der Waals surface area (Å²) >= 11 is 0. The summed E-state index contributed by atoms with van der Waals surface area (Å²) < 4.78 is 17.3. The van der Waals surface area contributed by atoms with Crippen LogP contribution in [0.2, 0.25) is 0 Å². The lowest BCUT2D eigenvalue weighted by Crippen LogP contribution is -2.41. The van der Waals surface area contributed by atoms with Crippen LogP contribution in [0.25, 0.3) is 11.0 Å². The number of likely N-dealkylation sites (N-methyl/N-ethyl adjacent to an activating group) is 1. The van der Waals surface area contributed by atoms with Crippen LogP contribution < -0.4 is 11.0 Å². The van der Waals surface area contributed by atoms with Crippen LogP contribution in [0.3, 0.4) is 0 Å². The number of imidazole rings is 1. The standard InChI is InChI=1S/C28H33FN4O2/c1-30-26(34)17-32-25-16-20(29)9-11-24(25)33(28(32)35)21-12-14-31(15-13-21)23-10-8-19-5-2-4-18-6-3-7-22(23)27(18)19/h3,6-7,9,11,16,19,21,23H,2,4-5,8,10,12-15,17H2,1H3,(H,30,34). The molecule has 35 heavy (non-hydrogen) atoms. The fourth-order valence-electron chi connectivity index (χ4n) is 6.94. The summed E-state index contributed by atoms with van der Waals surface area (Å²) in [4.78, 5) is 28.1. The van der Waals surface area contributed by atoms with Crippen LogP contribution in [-0.2, 0) is 17.8 Å². The molecule has 2 unspecified atom stereocenters. The van der Waals surface area contributed by atoms with Gasteiger partial charge in [-0.3, -0.25) is 18.8 Å². The Morgan fingerprint density at radius 1 is 1.06 bits per heavy atom. The second kappa shape index (κ2) is 8.94. The zero-order valence-corrected chi connectivity index (χ0v) is 20.3. The molecule has 2 heterocycles. The number of carbonyl (C=O) groups excluding carboxylic acids is 1. The first-order chi connectivity index (χ1) is 17.0. The van der Waals surface area contributed by atoms with Gasteiger partial charge in [0.2, 0.25) is 5.91 Å². The molecule has 6 nitrogen and oxygen atoms in total. The van der Waals surface area contributed by atoms with Crippen molar-refractivity contribution in [2.75, 3.05) is 20.1 Å². The molecule has 1 aliphatic heterocycles. The molecule has 1 N–H and O–H groups in total. The molecule has 184 valence electrons. The molecule has 0 radical (unpaired) electrons. The van der Waals surface area contributed by atoms with Gasteiger partial charge in [0.1, 0.15) is 12.4 Å². The number of amides is 1. The zero-order chi connectivity index (χ0) is 24.1. The lowest BCUT2D eigenvalue weighted by atomic mass is 9.71. The summed E-state index contributed by atoms with van der Waals surface area (Å²) in [5.41, 5.74) is 5.68. The number of hydrogen-bond donors (Lipinski definition) is 1. The van der Waals surface area contributed by atoms with E-state index in [2.05, 4.69) is 28.4 Å². The summed E-state index contributed by atoms with van der Waals surface area (Å²) in [6, 6.07) is 11.8. The molecular weight excluding hydrogens is 443 g/mol. The van der Waals surface area contributed by atoms with Crippen molar-refractivity contribution >= 4 is 16.9 Å². The van der Waals surface area contributed by atoms with Gasteiger partial charge in [-0.05, 0) is 85.8 Å². The first kappa shape index (κ1) is 22.5. The summed E-state index contributed by atoms with van der Waals surface area (Å²) in [5, 5.41) is 2.57. The number of aryl methyl sites for hydroxylation is 1. The fourth-order valence-corrected chi connectivity index (χ4v) is 6.94. The Labute approximate surface area is 204 Å². The van der Waals surface area contributed by atoms with E-state index >= 15 is 0 Å². The van der Waals surface area contributed by atoms with Crippen LogP contribution in [0.15, 0.2) is 41.2 Å². The van der Waals surface area contributed by atoms with Crippen molar-refractivity contribution in [2.45, 2.75) is 69.5 Å². The number of rotatable bonds is 4. The van der Waals surface area contributed by atoms with Gasteiger partial charge >= 0.3 is 5.69 Å². The van der Waals surface area contributed by atoms with Crippen molar-refractivity contribution in [3.63, 3.8) is 0 Å². The maximum Gasteiger partial charge on any atom is 0.329 e. The van der Waals surface area contributed by atoms with Crippen LogP contribution in [0.4, 0.5) is 4.39 Å². The van der Waals surface area contributed by atoms with Crippen LogP contribution >= 0.6 is 0 Å². The Balaban J connectivity index is 1.27. The van der Waals surface area contributed by atoms with Crippen molar-refractivity contribution in [3.8, 4) is 0 Å². The topological polar surface area (TPSA) is 59.3 Å². The molecule has 1 fully saturated rings. The average Bonchev–Trinajstić information content (AvgIpc) is 3.15. The smallest absolute Gasteiger partial charge is 0.329 e. The van der Waals surface area contributed by atoms with Gasteiger partial charge in [0, 0.05) is 32.2 Å². The fraction of sp³-hybridized carbons (Fsp3) is 0.500. The van der Waals surface area contributed by atoms with Crippen molar-refractivity contribution in [3.05, 3.63) is 69.4 Å². The van der Waals surface area contributed by atoms with Crippen LogP contribution in [0.5, 0.6) is 0 Å². The SMILES string of the molecule is CNC(=O)Cn1c(=O)n(C2CCN(C3CCC4CCCc5cccc3c54)CC2)c2ccc(F)cc21. The number of aromatic nitrogens is 2. The quantitative estimate of drug-likeness (QED) is 0.612. The molecule has 3 aliphatic rings. The summed E-state index contributed by atoms with van der Waals surface area (Å²) in [6.07, 6.45) is 8.05. The maximum absolute atomic E-state index is 14.1. The predicted molar refractivity (Wildman–Crippen MR) is 134 cm³/mol. The van der Waals surface area contributed by atoms with Gasteiger partial charge < -0.3 is 5.32 Å². The molecule has 7 heteroatoms. The minimum Gasteiger partial charge on any atom is -0.358 e. The second-order valence-electron chi connectivity index (χ2n) is 10.4. The third kappa shape index (κ3) is 3.80. The second-order valence-corrected chi connectivity index (χ2v) is 10.4. The number of piperidine rings is 1. The molecular formula is C28H33FN4O2. The van der Waals surface area contributed by atoms with Gasteiger partial charge in [0.15, 0.2) is 0 Å². The third-order valence-electron chi connectivity index (χ3n) is 8.59. The highest BCUT2D eigenvalue weighted by Crippen LogP contribution is 2.47. The minimum absolute atomic E-state index is 0.0404. The normalized spacial score (nSPS) is 22.8. The summed E-state index contributed by atoms with van der Waals surface area (Å²) in [6.45, 7) is 1.75. The van der Waals surface area contributed by atoms with Gasteiger partial charge in [-0.2, -0.15) is 0 Å². The third-order valence-corrected chi connectivity index (χ3v) is 8.59. The molecule has 2 aromatic carbocycles. The first-order valence-electron chi connectivity index (χ1n) is 13.0. The molecule has 0 saturated carbocycles. The van der Waals surface area contributed by atoms with E-state index in [1.54, 1.807) is 28.8 Å². The van der Waals surface area contributed by atoms with Crippen LogP contribution in [0, 0.1) is 5.82 Å². The Morgan fingerprint density at radius 3 is 2.69 bits per heavy atom. The monoisotopic (exact) mass is 476 g/mol. The van der Waals surface area contributed by atoms with E-state index in [4.69, 9.17) is 0 Å². The Bertz CT molecular complexity index is 1330. The van der Waals surface area contributed by atoms with Crippen LogP contribution in [-0.4, -0.2) is 40.1 Å². The van der Waals surface area contributed by atoms with Crippen molar-refractivity contribution < 1.29 is 9.18 Å². The Morgan fingerprint density at radius 2 is 1.89 bits per heavy atom. The van der Waals surface area contributed by atoms with E-state index < -0.39 is 5.82 Å². The maximum atomic E-state index is 14.1. The molecule has 0 spiro atoms. The van der Waals surface area contributed by atoms with E-state index in [1.807, 2.05) is 0 Å².